The van der Waals surface area contributed by atoms with Gasteiger partial charge in [0.25, 0.3) is 5.91 Å². The maximum absolute atomic E-state index is 12.6. The summed E-state index contributed by atoms with van der Waals surface area (Å²) in [5.74, 6) is 0.165. The zero-order valence-corrected chi connectivity index (χ0v) is 16.7. The average Bonchev–Trinajstić information content (AvgIpc) is 3.02. The number of rotatable bonds is 7. The Morgan fingerprint density at radius 2 is 1.93 bits per heavy atom. The fourth-order valence-electron chi connectivity index (χ4n) is 3.45. The lowest BCUT2D eigenvalue weighted by atomic mass is 10.1. The van der Waals surface area contributed by atoms with Crippen molar-refractivity contribution >= 4 is 11.9 Å². The lowest BCUT2D eigenvalue weighted by molar-refractivity contribution is -0.134. The zero-order valence-electron chi connectivity index (χ0n) is 16.7. The Kier molecular flexibility index (Phi) is 6.34. The molecule has 0 aliphatic carbocycles. The minimum Gasteiger partial charge on any atom is -0.484 e. The second-order valence-corrected chi connectivity index (χ2v) is 6.87. The van der Waals surface area contributed by atoms with E-state index in [0.717, 1.165) is 24.1 Å². The van der Waals surface area contributed by atoms with Crippen LogP contribution in [0.2, 0.25) is 0 Å². The summed E-state index contributed by atoms with van der Waals surface area (Å²) in [4.78, 5) is 26.6. The van der Waals surface area contributed by atoms with Crippen molar-refractivity contribution in [1.29, 1.82) is 0 Å². The number of carbonyl (C=O) groups is 2. The SMILES string of the molecule is CCCc1ccc(OCC(=O)N2CCc3nn(C)c(C(=O)OCC)c3C2)cc1. The summed E-state index contributed by atoms with van der Waals surface area (Å²) < 4.78 is 12.3. The minimum atomic E-state index is -0.406. The molecule has 7 heteroatoms. The van der Waals surface area contributed by atoms with Crippen LogP contribution in [0.3, 0.4) is 0 Å². The van der Waals surface area contributed by atoms with Crippen LogP contribution in [0.5, 0.6) is 5.75 Å². The fourth-order valence-corrected chi connectivity index (χ4v) is 3.45. The second-order valence-electron chi connectivity index (χ2n) is 6.87. The summed E-state index contributed by atoms with van der Waals surface area (Å²) >= 11 is 0. The molecule has 0 radical (unpaired) electrons. The fraction of sp³-hybridized carbons (Fsp3) is 0.476. The lowest BCUT2D eigenvalue weighted by Crippen LogP contribution is -2.39. The maximum Gasteiger partial charge on any atom is 0.356 e. The van der Waals surface area contributed by atoms with Gasteiger partial charge in [0.2, 0.25) is 0 Å². The molecule has 0 spiro atoms. The van der Waals surface area contributed by atoms with E-state index in [1.807, 2.05) is 24.3 Å². The molecular formula is C21H27N3O4. The topological polar surface area (TPSA) is 73.7 Å². The van der Waals surface area contributed by atoms with Gasteiger partial charge >= 0.3 is 5.97 Å². The molecule has 0 N–H and O–H groups in total. The van der Waals surface area contributed by atoms with Gasteiger partial charge in [-0.2, -0.15) is 5.10 Å². The van der Waals surface area contributed by atoms with Gasteiger partial charge < -0.3 is 14.4 Å². The molecule has 150 valence electrons. The summed E-state index contributed by atoms with van der Waals surface area (Å²) in [6.07, 6.45) is 2.74. The van der Waals surface area contributed by atoms with Crippen molar-refractivity contribution < 1.29 is 19.1 Å². The summed E-state index contributed by atoms with van der Waals surface area (Å²) in [6, 6.07) is 7.84. The van der Waals surface area contributed by atoms with Crippen LogP contribution in [0, 0.1) is 0 Å². The van der Waals surface area contributed by atoms with Gasteiger partial charge in [0.1, 0.15) is 5.75 Å². The molecule has 0 unspecified atom stereocenters. The molecule has 0 saturated carbocycles. The summed E-state index contributed by atoms with van der Waals surface area (Å²) in [5, 5.41) is 4.41. The Hall–Kier alpha value is -2.83. The molecule has 0 atom stereocenters. The Bertz CT molecular complexity index is 842. The van der Waals surface area contributed by atoms with Crippen molar-refractivity contribution in [2.24, 2.45) is 7.05 Å². The van der Waals surface area contributed by atoms with Crippen LogP contribution in [0.15, 0.2) is 24.3 Å². The molecule has 0 fully saturated rings. The molecule has 3 rings (SSSR count). The highest BCUT2D eigenvalue weighted by Gasteiger charge is 2.30. The van der Waals surface area contributed by atoms with E-state index in [-0.39, 0.29) is 12.5 Å². The van der Waals surface area contributed by atoms with Gasteiger partial charge in [-0.15, -0.1) is 0 Å². The number of hydrogen-bond donors (Lipinski definition) is 0. The second kappa shape index (κ2) is 8.91. The Labute approximate surface area is 165 Å². The first kappa shape index (κ1) is 19.9. The quantitative estimate of drug-likeness (QED) is 0.685. The number of hydrogen-bond acceptors (Lipinski definition) is 5. The first-order chi connectivity index (χ1) is 13.5. The van der Waals surface area contributed by atoms with Gasteiger partial charge in [-0.25, -0.2) is 4.79 Å². The van der Waals surface area contributed by atoms with Crippen molar-refractivity contribution in [3.05, 3.63) is 46.8 Å². The van der Waals surface area contributed by atoms with E-state index in [2.05, 4.69) is 12.0 Å². The van der Waals surface area contributed by atoms with Gasteiger partial charge in [0.05, 0.1) is 18.8 Å². The highest BCUT2D eigenvalue weighted by Crippen LogP contribution is 2.23. The van der Waals surface area contributed by atoms with Crippen LogP contribution < -0.4 is 4.74 Å². The van der Waals surface area contributed by atoms with Gasteiger partial charge in [-0.3, -0.25) is 9.48 Å². The highest BCUT2D eigenvalue weighted by atomic mass is 16.5. The molecule has 7 nitrogen and oxygen atoms in total. The third kappa shape index (κ3) is 4.35. The van der Waals surface area contributed by atoms with E-state index in [0.29, 0.717) is 37.6 Å². The number of nitrogens with zero attached hydrogens (tertiary/aromatic N) is 3. The number of amides is 1. The van der Waals surface area contributed by atoms with Crippen molar-refractivity contribution in [3.63, 3.8) is 0 Å². The molecule has 0 saturated heterocycles. The number of esters is 1. The number of ether oxygens (including phenoxy) is 2. The predicted octanol–water partition coefficient (Wildman–Crippen LogP) is 2.51. The van der Waals surface area contributed by atoms with Crippen LogP contribution in [0.25, 0.3) is 0 Å². The van der Waals surface area contributed by atoms with E-state index >= 15 is 0 Å². The van der Waals surface area contributed by atoms with Crippen LogP contribution in [0.4, 0.5) is 0 Å². The van der Waals surface area contributed by atoms with E-state index in [1.54, 1.807) is 23.6 Å². The Balaban J connectivity index is 1.63. The first-order valence-corrected chi connectivity index (χ1v) is 9.74. The first-order valence-electron chi connectivity index (χ1n) is 9.74. The maximum atomic E-state index is 12.6. The minimum absolute atomic E-state index is 0.0303. The molecule has 0 bridgehead atoms. The van der Waals surface area contributed by atoms with Gasteiger partial charge in [-0.05, 0) is 31.0 Å². The van der Waals surface area contributed by atoms with Crippen LogP contribution >= 0.6 is 0 Å². The number of carbonyl (C=O) groups excluding carboxylic acids is 2. The molecule has 1 aromatic heterocycles. The van der Waals surface area contributed by atoms with Crippen LogP contribution in [-0.2, 0) is 36.0 Å². The molecule has 1 aromatic carbocycles. The lowest BCUT2D eigenvalue weighted by Gasteiger charge is -2.26. The molecular weight excluding hydrogens is 358 g/mol. The summed E-state index contributed by atoms with van der Waals surface area (Å²) in [7, 11) is 1.72. The van der Waals surface area contributed by atoms with Gasteiger partial charge in [-0.1, -0.05) is 25.5 Å². The predicted molar refractivity (Wildman–Crippen MR) is 104 cm³/mol. The molecule has 1 aliphatic heterocycles. The van der Waals surface area contributed by atoms with Crippen LogP contribution in [-0.4, -0.2) is 46.3 Å². The number of aryl methyl sites for hydroxylation is 2. The molecule has 2 aromatic rings. The van der Waals surface area contributed by atoms with Crippen molar-refractivity contribution in [3.8, 4) is 5.75 Å². The summed E-state index contributed by atoms with van der Waals surface area (Å²) in [5.41, 5.74) is 3.29. The monoisotopic (exact) mass is 385 g/mol. The van der Waals surface area contributed by atoms with E-state index in [1.165, 1.54) is 5.56 Å². The standard InChI is InChI=1S/C21H27N3O4/c1-4-6-15-7-9-16(10-8-15)28-14-19(25)24-12-11-18-17(13-24)20(23(3)22-18)21(26)27-5-2/h7-10H,4-6,11-14H2,1-3H3. The Morgan fingerprint density at radius 1 is 1.18 bits per heavy atom. The van der Waals surface area contributed by atoms with Crippen molar-refractivity contribution in [2.45, 2.75) is 39.7 Å². The zero-order chi connectivity index (χ0) is 20.1. The van der Waals surface area contributed by atoms with Crippen molar-refractivity contribution in [2.75, 3.05) is 19.8 Å². The Morgan fingerprint density at radius 3 is 2.61 bits per heavy atom. The van der Waals surface area contributed by atoms with Gasteiger partial charge in [0, 0.05) is 25.6 Å². The molecule has 28 heavy (non-hydrogen) atoms. The van der Waals surface area contributed by atoms with Gasteiger partial charge in [0.15, 0.2) is 12.3 Å². The highest BCUT2D eigenvalue weighted by molar-refractivity contribution is 5.90. The van der Waals surface area contributed by atoms with Crippen molar-refractivity contribution in [1.82, 2.24) is 14.7 Å². The molecule has 1 aliphatic rings. The number of fused-ring (bicyclic) bond motifs is 1. The smallest absolute Gasteiger partial charge is 0.356 e. The molecule has 1 amide bonds. The number of aromatic nitrogens is 2. The van der Waals surface area contributed by atoms with E-state index < -0.39 is 5.97 Å². The third-order valence-electron chi connectivity index (χ3n) is 4.84. The van der Waals surface area contributed by atoms with E-state index in [9.17, 15) is 9.59 Å². The van der Waals surface area contributed by atoms with Crippen LogP contribution in [0.1, 0.15) is 47.6 Å². The normalized spacial score (nSPS) is 13.2. The average molecular weight is 385 g/mol. The summed E-state index contributed by atoms with van der Waals surface area (Å²) in [6.45, 7) is 5.08. The number of benzene rings is 1. The van der Waals surface area contributed by atoms with E-state index in [4.69, 9.17) is 9.47 Å². The largest absolute Gasteiger partial charge is 0.484 e. The third-order valence-corrected chi connectivity index (χ3v) is 4.84. The molecule has 2 heterocycles.